The van der Waals surface area contributed by atoms with Gasteiger partial charge in [0.2, 0.25) is 0 Å². The smallest absolute Gasteiger partial charge is 0.320 e. The Morgan fingerprint density at radius 2 is 1.88 bits per heavy atom. The molecule has 0 bridgehead atoms. The van der Waals surface area contributed by atoms with E-state index < -0.39 is 0 Å². The van der Waals surface area contributed by atoms with Crippen LogP contribution in [0.3, 0.4) is 0 Å². The second-order valence-corrected chi connectivity index (χ2v) is 6.59. The number of aliphatic hydroxyl groups excluding tert-OH is 1. The number of aliphatic hydroxyl groups is 1. The van der Waals surface area contributed by atoms with E-state index in [2.05, 4.69) is 49.4 Å². The molecule has 1 heterocycles. The number of hydrogen-bond acceptors (Lipinski definition) is 2. The second-order valence-electron chi connectivity index (χ2n) is 6.59. The average Bonchev–Trinajstić information content (AvgIpc) is 2.87. The van der Waals surface area contributed by atoms with E-state index in [1.165, 1.54) is 16.3 Å². The summed E-state index contributed by atoms with van der Waals surface area (Å²) in [4.78, 5) is 16.5. The molecular formula is C20H26N2O2. The largest absolute Gasteiger partial charge is 0.396 e. The van der Waals surface area contributed by atoms with Gasteiger partial charge in [-0.1, -0.05) is 42.5 Å². The van der Waals surface area contributed by atoms with Gasteiger partial charge in [-0.3, -0.25) is 0 Å². The molecule has 0 saturated carbocycles. The van der Waals surface area contributed by atoms with Gasteiger partial charge in [-0.2, -0.15) is 0 Å². The molecule has 0 aliphatic carbocycles. The summed E-state index contributed by atoms with van der Waals surface area (Å²) in [5.41, 5.74) is 1.30. The summed E-state index contributed by atoms with van der Waals surface area (Å²) in [5.74, 6) is 0. The van der Waals surface area contributed by atoms with Crippen LogP contribution in [0.5, 0.6) is 0 Å². The van der Waals surface area contributed by atoms with Crippen LogP contribution in [0, 0.1) is 0 Å². The lowest BCUT2D eigenvalue weighted by atomic mass is 10.0. The molecule has 1 aliphatic rings. The predicted molar refractivity (Wildman–Crippen MR) is 97.1 cm³/mol. The maximum absolute atomic E-state index is 12.6. The number of amides is 2. The molecule has 3 rings (SSSR count). The number of carbonyl (C=O) groups excluding carboxylic acids is 1. The summed E-state index contributed by atoms with van der Waals surface area (Å²) in [6, 6.07) is 15.2. The third-order valence-corrected chi connectivity index (χ3v) is 4.87. The molecule has 128 valence electrons. The molecule has 1 aliphatic heterocycles. The van der Waals surface area contributed by atoms with Crippen molar-refractivity contribution in [3.8, 4) is 0 Å². The Labute approximate surface area is 143 Å². The molecule has 0 spiro atoms. The molecule has 1 atom stereocenters. The van der Waals surface area contributed by atoms with E-state index in [0.717, 1.165) is 38.9 Å². The zero-order valence-electron chi connectivity index (χ0n) is 14.3. The maximum atomic E-state index is 12.6. The summed E-state index contributed by atoms with van der Waals surface area (Å²) in [5, 5.41) is 11.4. The molecule has 0 aromatic heterocycles. The lowest BCUT2D eigenvalue weighted by molar-refractivity contribution is 0.186. The zero-order chi connectivity index (χ0) is 16.9. The minimum absolute atomic E-state index is 0.140. The summed E-state index contributed by atoms with van der Waals surface area (Å²) in [7, 11) is 0. The minimum atomic E-state index is 0.140. The lowest BCUT2D eigenvalue weighted by Crippen LogP contribution is -2.35. The maximum Gasteiger partial charge on any atom is 0.320 e. The quantitative estimate of drug-likeness (QED) is 0.794. The van der Waals surface area contributed by atoms with Gasteiger partial charge in [0.05, 0.1) is 0 Å². The highest BCUT2D eigenvalue weighted by molar-refractivity contribution is 5.85. The number of fused-ring (bicyclic) bond motifs is 1. The topological polar surface area (TPSA) is 43.8 Å². The van der Waals surface area contributed by atoms with Gasteiger partial charge in [-0.15, -0.1) is 0 Å². The van der Waals surface area contributed by atoms with Crippen LogP contribution in [0.15, 0.2) is 42.5 Å². The van der Waals surface area contributed by atoms with Crippen molar-refractivity contribution in [2.45, 2.75) is 32.2 Å². The first-order valence-electron chi connectivity index (χ1n) is 8.83. The van der Waals surface area contributed by atoms with Crippen LogP contribution < -0.4 is 0 Å². The van der Waals surface area contributed by atoms with Crippen LogP contribution >= 0.6 is 0 Å². The summed E-state index contributed by atoms with van der Waals surface area (Å²) < 4.78 is 0. The molecule has 2 aromatic carbocycles. The first-order valence-corrected chi connectivity index (χ1v) is 8.83. The Morgan fingerprint density at radius 1 is 1.08 bits per heavy atom. The van der Waals surface area contributed by atoms with Crippen LogP contribution in [-0.2, 0) is 6.42 Å². The van der Waals surface area contributed by atoms with Crippen molar-refractivity contribution in [2.75, 3.05) is 26.2 Å². The number of unbranched alkanes of at least 4 members (excludes halogenated alkanes) is 1. The second kappa shape index (κ2) is 7.67. The Balaban J connectivity index is 1.64. The third-order valence-electron chi connectivity index (χ3n) is 4.87. The molecule has 0 unspecified atom stereocenters. The third kappa shape index (κ3) is 3.54. The monoisotopic (exact) mass is 326 g/mol. The van der Waals surface area contributed by atoms with Gasteiger partial charge < -0.3 is 14.9 Å². The van der Waals surface area contributed by atoms with Gasteiger partial charge in [0.1, 0.15) is 0 Å². The van der Waals surface area contributed by atoms with Gasteiger partial charge in [-0.25, -0.2) is 4.79 Å². The van der Waals surface area contributed by atoms with E-state index in [1.807, 2.05) is 9.80 Å². The van der Waals surface area contributed by atoms with Crippen molar-refractivity contribution in [2.24, 2.45) is 0 Å². The predicted octanol–water partition coefficient (Wildman–Crippen LogP) is 3.28. The normalized spacial score (nSPS) is 17.9. The molecule has 1 N–H and O–H groups in total. The van der Waals surface area contributed by atoms with Crippen molar-refractivity contribution in [1.29, 1.82) is 0 Å². The molecule has 4 heteroatoms. The Bertz CT molecular complexity index is 696. The lowest BCUT2D eigenvalue weighted by Gasteiger charge is -2.21. The SMILES string of the molecule is C[C@H]1CN(CCCCO)C(=O)N1CCc1cccc2ccccc12. The number of carbonyl (C=O) groups is 1. The van der Waals surface area contributed by atoms with E-state index in [9.17, 15) is 4.79 Å². The van der Waals surface area contributed by atoms with Crippen molar-refractivity contribution in [3.05, 3.63) is 48.0 Å². The first kappa shape index (κ1) is 16.8. The zero-order valence-corrected chi connectivity index (χ0v) is 14.3. The highest BCUT2D eigenvalue weighted by Crippen LogP contribution is 2.21. The fraction of sp³-hybridized carbons (Fsp3) is 0.450. The van der Waals surface area contributed by atoms with Crippen LogP contribution in [0.25, 0.3) is 10.8 Å². The van der Waals surface area contributed by atoms with Crippen LogP contribution in [0.1, 0.15) is 25.3 Å². The van der Waals surface area contributed by atoms with Crippen molar-refractivity contribution in [3.63, 3.8) is 0 Å². The number of nitrogens with zero attached hydrogens (tertiary/aromatic N) is 2. The van der Waals surface area contributed by atoms with Crippen LogP contribution in [0.4, 0.5) is 4.79 Å². The van der Waals surface area contributed by atoms with Gasteiger partial charge >= 0.3 is 6.03 Å². The molecular weight excluding hydrogens is 300 g/mol. The highest BCUT2D eigenvalue weighted by atomic mass is 16.3. The van der Waals surface area contributed by atoms with Crippen LogP contribution in [0.2, 0.25) is 0 Å². The van der Waals surface area contributed by atoms with Gasteiger partial charge in [0.25, 0.3) is 0 Å². The number of rotatable bonds is 7. The fourth-order valence-electron chi connectivity index (χ4n) is 3.53. The number of hydrogen-bond donors (Lipinski definition) is 1. The van der Waals surface area contributed by atoms with Gasteiger partial charge in [0.15, 0.2) is 0 Å². The fourth-order valence-corrected chi connectivity index (χ4v) is 3.53. The number of urea groups is 1. The molecule has 24 heavy (non-hydrogen) atoms. The average molecular weight is 326 g/mol. The summed E-state index contributed by atoms with van der Waals surface area (Å²) >= 11 is 0. The molecule has 2 aromatic rings. The molecule has 1 saturated heterocycles. The van der Waals surface area contributed by atoms with Gasteiger partial charge in [-0.05, 0) is 42.5 Å². The molecule has 2 amide bonds. The highest BCUT2D eigenvalue weighted by Gasteiger charge is 2.33. The van der Waals surface area contributed by atoms with E-state index in [1.54, 1.807) is 0 Å². The van der Waals surface area contributed by atoms with E-state index in [4.69, 9.17) is 5.11 Å². The minimum Gasteiger partial charge on any atom is -0.396 e. The van der Waals surface area contributed by atoms with Crippen LogP contribution in [-0.4, -0.2) is 53.2 Å². The Kier molecular flexibility index (Phi) is 5.36. The molecule has 1 fully saturated rings. The van der Waals surface area contributed by atoms with E-state index in [-0.39, 0.29) is 18.7 Å². The summed E-state index contributed by atoms with van der Waals surface area (Å²) in [6.45, 7) is 4.61. The van der Waals surface area contributed by atoms with Crippen molar-refractivity contribution < 1.29 is 9.90 Å². The Hall–Kier alpha value is -2.07. The Morgan fingerprint density at radius 3 is 2.71 bits per heavy atom. The first-order chi connectivity index (χ1) is 11.7. The standard InChI is InChI=1S/C20H26N2O2/c1-16-15-21(12-4-5-14-23)20(24)22(16)13-11-18-9-6-8-17-7-2-3-10-19(17)18/h2-3,6-10,16,23H,4-5,11-15H2,1H3/t16-/m0/s1. The van der Waals surface area contributed by atoms with Crippen molar-refractivity contribution in [1.82, 2.24) is 9.80 Å². The molecule has 4 nitrogen and oxygen atoms in total. The summed E-state index contributed by atoms with van der Waals surface area (Å²) in [6.07, 6.45) is 2.50. The van der Waals surface area contributed by atoms with Crippen molar-refractivity contribution >= 4 is 16.8 Å². The van der Waals surface area contributed by atoms with E-state index in [0.29, 0.717) is 0 Å². The van der Waals surface area contributed by atoms with Gasteiger partial charge in [0, 0.05) is 32.3 Å². The molecule has 0 radical (unpaired) electrons. The van der Waals surface area contributed by atoms with E-state index >= 15 is 0 Å². The number of benzene rings is 2.